The second-order valence-corrected chi connectivity index (χ2v) is 5.15. The highest BCUT2D eigenvalue weighted by molar-refractivity contribution is 5.28. The lowest BCUT2D eigenvalue weighted by Gasteiger charge is -2.21. The van der Waals surface area contributed by atoms with Gasteiger partial charge in [-0.25, -0.2) is 0 Å². The van der Waals surface area contributed by atoms with Crippen LogP contribution in [0.4, 0.5) is 0 Å². The van der Waals surface area contributed by atoms with E-state index in [0.29, 0.717) is 6.04 Å². The van der Waals surface area contributed by atoms with E-state index in [1.54, 1.807) is 0 Å². The topological polar surface area (TPSA) is 21.3 Å². The summed E-state index contributed by atoms with van der Waals surface area (Å²) in [5.41, 5.74) is 2.71. The lowest BCUT2D eigenvalue weighted by atomic mass is 10.0. The quantitative estimate of drug-likeness (QED) is 0.637. The largest absolute Gasteiger partial charge is 0.379 e. The van der Waals surface area contributed by atoms with Crippen LogP contribution in [0.15, 0.2) is 24.3 Å². The Hall–Kier alpha value is -0.860. The molecule has 1 atom stereocenters. The van der Waals surface area contributed by atoms with E-state index >= 15 is 0 Å². The van der Waals surface area contributed by atoms with Gasteiger partial charge in [0.15, 0.2) is 0 Å². The summed E-state index contributed by atoms with van der Waals surface area (Å²) in [5, 5.41) is 3.59. The van der Waals surface area contributed by atoms with Crippen LogP contribution in [0.2, 0.25) is 0 Å². The molecule has 0 aliphatic carbocycles. The van der Waals surface area contributed by atoms with Gasteiger partial charge in [-0.3, -0.25) is 0 Å². The molecule has 0 amide bonds. The molecule has 108 valence electrons. The van der Waals surface area contributed by atoms with Crippen molar-refractivity contribution in [2.24, 2.45) is 0 Å². The number of rotatable bonds is 10. The zero-order valence-electron chi connectivity index (χ0n) is 12.7. The smallest absolute Gasteiger partial charge is 0.0661 e. The van der Waals surface area contributed by atoms with Gasteiger partial charge in [-0.2, -0.15) is 0 Å². The summed E-state index contributed by atoms with van der Waals surface area (Å²) in [6, 6.07) is 8.91. The molecule has 1 N–H and O–H groups in total. The number of benzene rings is 1. The second kappa shape index (κ2) is 9.99. The second-order valence-electron chi connectivity index (χ2n) is 5.15. The molecule has 2 nitrogen and oxygen atoms in total. The van der Waals surface area contributed by atoms with Crippen molar-refractivity contribution in [1.29, 1.82) is 0 Å². The minimum atomic E-state index is 0.322. The molecule has 0 aromatic heterocycles. The number of unbranched alkanes of at least 4 members (excludes halogenated alkanes) is 2. The van der Waals surface area contributed by atoms with Gasteiger partial charge in [0.1, 0.15) is 0 Å². The first-order chi connectivity index (χ1) is 9.29. The van der Waals surface area contributed by atoms with Crippen molar-refractivity contribution in [3.05, 3.63) is 35.4 Å². The van der Waals surface area contributed by atoms with Gasteiger partial charge >= 0.3 is 0 Å². The molecule has 2 heteroatoms. The number of aryl methyl sites for hydroxylation is 1. The minimum absolute atomic E-state index is 0.322. The van der Waals surface area contributed by atoms with Crippen LogP contribution < -0.4 is 5.32 Å². The van der Waals surface area contributed by atoms with E-state index < -0.39 is 0 Å². The van der Waals surface area contributed by atoms with Crippen molar-refractivity contribution in [2.45, 2.75) is 52.5 Å². The third-order valence-electron chi connectivity index (χ3n) is 3.38. The van der Waals surface area contributed by atoms with Crippen LogP contribution in [-0.4, -0.2) is 19.8 Å². The van der Waals surface area contributed by atoms with Crippen molar-refractivity contribution in [1.82, 2.24) is 5.32 Å². The van der Waals surface area contributed by atoms with Gasteiger partial charge in [0.2, 0.25) is 0 Å². The summed E-state index contributed by atoms with van der Waals surface area (Å²) in [5.74, 6) is 0. The zero-order chi connectivity index (χ0) is 13.9. The molecule has 0 saturated carbocycles. The van der Waals surface area contributed by atoms with Gasteiger partial charge in [0, 0.05) is 6.61 Å². The van der Waals surface area contributed by atoms with Crippen molar-refractivity contribution >= 4 is 0 Å². The SMILES string of the molecule is CCCCCOCC(NCCC)c1ccccc1C. The van der Waals surface area contributed by atoms with Crippen molar-refractivity contribution in [3.8, 4) is 0 Å². The molecule has 0 fully saturated rings. The molecule has 0 aliphatic heterocycles. The number of nitrogens with one attached hydrogen (secondary N) is 1. The number of hydrogen-bond acceptors (Lipinski definition) is 2. The van der Waals surface area contributed by atoms with E-state index in [-0.39, 0.29) is 0 Å². The van der Waals surface area contributed by atoms with E-state index in [1.807, 2.05) is 0 Å². The molecule has 19 heavy (non-hydrogen) atoms. The fourth-order valence-corrected chi connectivity index (χ4v) is 2.21. The molecule has 0 spiro atoms. The van der Waals surface area contributed by atoms with Gasteiger partial charge in [0.25, 0.3) is 0 Å². The maximum absolute atomic E-state index is 5.84. The van der Waals surface area contributed by atoms with Gasteiger partial charge in [-0.05, 0) is 37.4 Å². The van der Waals surface area contributed by atoms with Crippen molar-refractivity contribution in [2.75, 3.05) is 19.8 Å². The Balaban J connectivity index is 2.49. The average Bonchev–Trinajstić information content (AvgIpc) is 2.43. The van der Waals surface area contributed by atoms with Crippen molar-refractivity contribution < 1.29 is 4.74 Å². The first kappa shape index (κ1) is 16.2. The maximum Gasteiger partial charge on any atom is 0.0661 e. The molecule has 0 heterocycles. The molecule has 0 saturated heterocycles. The highest BCUT2D eigenvalue weighted by atomic mass is 16.5. The Kier molecular flexibility index (Phi) is 8.52. The fraction of sp³-hybridized carbons (Fsp3) is 0.647. The monoisotopic (exact) mass is 263 g/mol. The number of hydrogen-bond donors (Lipinski definition) is 1. The molecule has 0 aliphatic rings. The Morgan fingerprint density at radius 3 is 2.58 bits per heavy atom. The summed E-state index contributed by atoms with van der Waals surface area (Å²) in [6.45, 7) is 9.28. The lowest BCUT2D eigenvalue weighted by molar-refractivity contribution is 0.108. The standard InChI is InChI=1S/C17H29NO/c1-4-6-9-13-19-14-17(18-12-5-2)16-11-8-7-10-15(16)3/h7-8,10-11,17-18H,4-6,9,12-14H2,1-3H3. The van der Waals surface area contributed by atoms with Gasteiger partial charge < -0.3 is 10.1 Å². The molecular formula is C17H29NO. The first-order valence-corrected chi connectivity index (χ1v) is 7.66. The minimum Gasteiger partial charge on any atom is -0.379 e. The summed E-state index contributed by atoms with van der Waals surface area (Å²) in [7, 11) is 0. The number of ether oxygens (including phenoxy) is 1. The molecule has 1 rings (SSSR count). The molecule has 1 unspecified atom stereocenters. The van der Waals surface area contributed by atoms with Gasteiger partial charge in [-0.15, -0.1) is 0 Å². The molecule has 0 bridgehead atoms. The van der Waals surface area contributed by atoms with E-state index in [2.05, 4.69) is 50.4 Å². The van der Waals surface area contributed by atoms with E-state index in [9.17, 15) is 0 Å². The average molecular weight is 263 g/mol. The third kappa shape index (κ3) is 6.22. The van der Waals surface area contributed by atoms with E-state index in [0.717, 1.165) is 26.2 Å². The highest BCUT2D eigenvalue weighted by Gasteiger charge is 2.12. The third-order valence-corrected chi connectivity index (χ3v) is 3.38. The predicted molar refractivity (Wildman–Crippen MR) is 82.6 cm³/mol. The Bertz CT molecular complexity index is 338. The van der Waals surface area contributed by atoms with Crippen molar-refractivity contribution in [3.63, 3.8) is 0 Å². The van der Waals surface area contributed by atoms with Crippen LogP contribution in [0.5, 0.6) is 0 Å². The Morgan fingerprint density at radius 1 is 1.11 bits per heavy atom. The Morgan fingerprint density at radius 2 is 1.89 bits per heavy atom. The molecular weight excluding hydrogens is 234 g/mol. The zero-order valence-corrected chi connectivity index (χ0v) is 12.7. The van der Waals surface area contributed by atoms with Gasteiger partial charge in [-0.1, -0.05) is 51.0 Å². The predicted octanol–water partition coefficient (Wildman–Crippen LogP) is 4.24. The van der Waals surface area contributed by atoms with Crippen LogP contribution in [-0.2, 0) is 4.74 Å². The summed E-state index contributed by atoms with van der Waals surface area (Å²) in [6.07, 6.45) is 4.83. The molecule has 1 aromatic carbocycles. The van der Waals surface area contributed by atoms with Crippen LogP contribution in [0.25, 0.3) is 0 Å². The summed E-state index contributed by atoms with van der Waals surface area (Å²) >= 11 is 0. The Labute approximate surface area is 118 Å². The van der Waals surface area contributed by atoms with E-state index in [4.69, 9.17) is 4.74 Å². The normalized spacial score (nSPS) is 12.6. The lowest BCUT2D eigenvalue weighted by Crippen LogP contribution is -2.27. The summed E-state index contributed by atoms with van der Waals surface area (Å²) in [4.78, 5) is 0. The first-order valence-electron chi connectivity index (χ1n) is 7.66. The van der Waals surface area contributed by atoms with Crippen LogP contribution >= 0.6 is 0 Å². The van der Waals surface area contributed by atoms with Crippen LogP contribution in [0, 0.1) is 6.92 Å². The highest BCUT2D eigenvalue weighted by Crippen LogP contribution is 2.18. The molecule has 1 aromatic rings. The maximum atomic E-state index is 5.84. The van der Waals surface area contributed by atoms with Crippen LogP contribution in [0.3, 0.4) is 0 Å². The van der Waals surface area contributed by atoms with E-state index in [1.165, 1.54) is 30.4 Å². The van der Waals surface area contributed by atoms with Crippen LogP contribution in [0.1, 0.15) is 56.7 Å². The van der Waals surface area contributed by atoms with Gasteiger partial charge in [0.05, 0.1) is 12.6 Å². The molecule has 0 radical (unpaired) electrons. The summed E-state index contributed by atoms with van der Waals surface area (Å²) < 4.78 is 5.84. The fourth-order valence-electron chi connectivity index (χ4n) is 2.21.